The van der Waals surface area contributed by atoms with Crippen molar-refractivity contribution in [3.05, 3.63) is 71.4 Å². The molecule has 1 aromatic carbocycles. The Morgan fingerprint density at radius 3 is 2.71 bits per heavy atom. The number of aryl methyl sites for hydroxylation is 2. The van der Waals surface area contributed by atoms with Crippen molar-refractivity contribution in [1.82, 2.24) is 34.9 Å². The number of Topliss-reactive ketones (excluding diaryl/α,β-unsaturated/α-hetero) is 1. The van der Waals surface area contributed by atoms with Gasteiger partial charge in [-0.25, -0.2) is 9.97 Å². The predicted octanol–water partition coefficient (Wildman–Crippen LogP) is 4.08. The van der Waals surface area contributed by atoms with Crippen LogP contribution in [0.15, 0.2) is 48.8 Å². The van der Waals surface area contributed by atoms with Crippen molar-refractivity contribution < 1.29 is 9.53 Å². The van der Waals surface area contributed by atoms with Crippen LogP contribution in [-0.2, 0) is 0 Å². The molecule has 0 spiro atoms. The van der Waals surface area contributed by atoms with Gasteiger partial charge in [0.1, 0.15) is 24.0 Å². The highest BCUT2D eigenvalue weighted by Gasteiger charge is 2.21. The standard InChI is InChI=1S/C24H18N8O2/c1-13-4-9-22(31-28-13)34-16-5-7-20-18(10-16)26-12-32(20)21-8-6-17(15(3)33)24(27-21)23-14(2)29-30-19(23)11-25/h4-10,12H,1-3H3,(H,29,30). The molecule has 34 heavy (non-hydrogen) atoms. The van der Waals surface area contributed by atoms with Crippen molar-refractivity contribution in [2.24, 2.45) is 0 Å². The predicted molar refractivity (Wildman–Crippen MR) is 123 cm³/mol. The number of H-pyrrole nitrogens is 1. The number of nitrogens with one attached hydrogen (secondary N) is 1. The van der Waals surface area contributed by atoms with Crippen molar-refractivity contribution in [3.8, 4) is 34.8 Å². The molecule has 0 bridgehead atoms. The minimum atomic E-state index is -0.157. The molecular formula is C24H18N8O2. The molecular weight excluding hydrogens is 432 g/mol. The van der Waals surface area contributed by atoms with Crippen LogP contribution in [0.5, 0.6) is 11.6 Å². The van der Waals surface area contributed by atoms with E-state index in [4.69, 9.17) is 9.72 Å². The van der Waals surface area contributed by atoms with Crippen LogP contribution in [0, 0.1) is 25.2 Å². The number of rotatable bonds is 5. The summed E-state index contributed by atoms with van der Waals surface area (Å²) in [5.74, 6) is 1.35. The molecule has 4 aromatic heterocycles. The van der Waals surface area contributed by atoms with Crippen LogP contribution < -0.4 is 4.74 Å². The summed E-state index contributed by atoms with van der Waals surface area (Å²) >= 11 is 0. The number of pyridine rings is 1. The zero-order valence-corrected chi connectivity index (χ0v) is 18.6. The van der Waals surface area contributed by atoms with Gasteiger partial charge in [0.2, 0.25) is 5.88 Å². The first kappa shape index (κ1) is 21.0. The maximum Gasteiger partial charge on any atom is 0.238 e. The van der Waals surface area contributed by atoms with Gasteiger partial charge in [0.15, 0.2) is 11.5 Å². The summed E-state index contributed by atoms with van der Waals surface area (Å²) in [5.41, 5.74) is 4.43. The van der Waals surface area contributed by atoms with E-state index < -0.39 is 0 Å². The number of ketones is 1. The third kappa shape index (κ3) is 3.65. The van der Waals surface area contributed by atoms with Crippen LogP contribution in [0.25, 0.3) is 28.1 Å². The largest absolute Gasteiger partial charge is 0.437 e. The average Bonchev–Trinajstić information content (AvgIpc) is 3.42. The fourth-order valence-corrected chi connectivity index (χ4v) is 3.66. The van der Waals surface area contributed by atoms with Gasteiger partial charge in [-0.3, -0.25) is 14.5 Å². The number of hydrogen-bond donors (Lipinski definition) is 1. The summed E-state index contributed by atoms with van der Waals surface area (Å²) < 4.78 is 7.59. The number of carbonyl (C=O) groups excluding carboxylic acids is 1. The molecule has 5 aromatic rings. The van der Waals surface area contributed by atoms with Gasteiger partial charge in [0.25, 0.3) is 0 Å². The minimum absolute atomic E-state index is 0.157. The summed E-state index contributed by atoms with van der Waals surface area (Å²) in [7, 11) is 0. The van der Waals surface area contributed by atoms with E-state index in [1.54, 1.807) is 48.1 Å². The van der Waals surface area contributed by atoms with Crippen LogP contribution in [0.3, 0.4) is 0 Å². The van der Waals surface area contributed by atoms with Crippen molar-refractivity contribution in [2.45, 2.75) is 20.8 Å². The van der Waals surface area contributed by atoms with Gasteiger partial charge in [-0.2, -0.15) is 15.5 Å². The number of nitriles is 1. The lowest BCUT2D eigenvalue weighted by molar-refractivity contribution is 0.101. The van der Waals surface area contributed by atoms with E-state index in [2.05, 4.69) is 31.4 Å². The molecule has 0 aliphatic rings. The first-order chi connectivity index (χ1) is 16.4. The smallest absolute Gasteiger partial charge is 0.238 e. The van der Waals surface area contributed by atoms with Crippen molar-refractivity contribution in [1.29, 1.82) is 5.26 Å². The quantitative estimate of drug-likeness (QED) is 0.396. The van der Waals surface area contributed by atoms with E-state index in [-0.39, 0.29) is 11.5 Å². The van der Waals surface area contributed by atoms with Crippen LogP contribution in [0.4, 0.5) is 0 Å². The lowest BCUT2D eigenvalue weighted by Crippen LogP contribution is -2.04. The first-order valence-electron chi connectivity index (χ1n) is 10.4. The molecule has 0 aliphatic heterocycles. The van der Waals surface area contributed by atoms with E-state index in [0.29, 0.717) is 45.5 Å². The SMILES string of the molecule is CC(=O)c1ccc(-n2cnc3cc(Oc4ccc(C)nn4)ccc32)nc1-c1c(C#N)n[nH]c1C. The number of nitrogens with zero attached hydrogens (tertiary/aromatic N) is 7. The molecule has 0 aliphatic carbocycles. The topological polar surface area (TPSA) is 135 Å². The summed E-state index contributed by atoms with van der Waals surface area (Å²) in [6.07, 6.45) is 1.65. The number of hydrogen-bond acceptors (Lipinski definition) is 8. The second kappa shape index (κ2) is 8.22. The zero-order valence-electron chi connectivity index (χ0n) is 18.6. The first-order valence-corrected chi connectivity index (χ1v) is 10.4. The fraction of sp³-hybridized carbons (Fsp3) is 0.125. The Morgan fingerprint density at radius 1 is 1.12 bits per heavy atom. The summed E-state index contributed by atoms with van der Waals surface area (Å²) in [5, 5.41) is 24.3. The summed E-state index contributed by atoms with van der Waals surface area (Å²) in [6.45, 7) is 5.11. The zero-order chi connectivity index (χ0) is 23.8. The third-order valence-electron chi connectivity index (χ3n) is 5.31. The number of benzene rings is 1. The Morgan fingerprint density at radius 2 is 1.97 bits per heavy atom. The van der Waals surface area contributed by atoms with E-state index >= 15 is 0 Å². The second-order valence-corrected chi connectivity index (χ2v) is 7.69. The van der Waals surface area contributed by atoms with Gasteiger partial charge < -0.3 is 4.74 Å². The number of ether oxygens (including phenoxy) is 1. The summed E-state index contributed by atoms with van der Waals surface area (Å²) in [4.78, 5) is 21.5. The van der Waals surface area contributed by atoms with E-state index in [0.717, 1.165) is 11.2 Å². The Balaban J connectivity index is 1.57. The van der Waals surface area contributed by atoms with Gasteiger partial charge in [-0.1, -0.05) is 0 Å². The van der Waals surface area contributed by atoms with E-state index in [9.17, 15) is 10.1 Å². The van der Waals surface area contributed by atoms with Gasteiger partial charge in [0.05, 0.1) is 28.0 Å². The summed E-state index contributed by atoms with van der Waals surface area (Å²) in [6, 6.07) is 14.5. The molecule has 0 fully saturated rings. The van der Waals surface area contributed by atoms with Crippen molar-refractivity contribution >= 4 is 16.8 Å². The number of carbonyl (C=O) groups is 1. The monoisotopic (exact) mass is 450 g/mol. The maximum absolute atomic E-state index is 12.3. The highest BCUT2D eigenvalue weighted by molar-refractivity contribution is 6.00. The molecule has 10 nitrogen and oxygen atoms in total. The average molecular weight is 450 g/mol. The van der Waals surface area contributed by atoms with Crippen molar-refractivity contribution in [2.75, 3.05) is 0 Å². The number of imidazole rings is 1. The molecule has 0 saturated heterocycles. The highest BCUT2D eigenvalue weighted by Crippen LogP contribution is 2.30. The molecule has 0 unspecified atom stereocenters. The van der Waals surface area contributed by atoms with Crippen LogP contribution in [-0.4, -0.2) is 40.7 Å². The maximum atomic E-state index is 12.3. The molecule has 5 rings (SSSR count). The van der Waals surface area contributed by atoms with Gasteiger partial charge >= 0.3 is 0 Å². The van der Waals surface area contributed by atoms with Gasteiger partial charge in [-0.05, 0) is 51.1 Å². The Bertz CT molecular complexity index is 1590. The molecule has 0 radical (unpaired) electrons. The minimum Gasteiger partial charge on any atom is -0.437 e. The van der Waals surface area contributed by atoms with Crippen molar-refractivity contribution in [3.63, 3.8) is 0 Å². The molecule has 166 valence electrons. The lowest BCUT2D eigenvalue weighted by Gasteiger charge is -2.10. The van der Waals surface area contributed by atoms with Gasteiger partial charge in [0, 0.05) is 23.4 Å². The molecule has 0 atom stereocenters. The van der Waals surface area contributed by atoms with E-state index in [1.165, 1.54) is 6.92 Å². The molecule has 10 heteroatoms. The van der Waals surface area contributed by atoms with E-state index in [1.807, 2.05) is 19.1 Å². The Kier molecular flexibility index (Phi) is 5.07. The number of aromatic amines is 1. The molecule has 4 heterocycles. The molecule has 0 saturated carbocycles. The second-order valence-electron chi connectivity index (χ2n) is 7.69. The Hall–Kier alpha value is -4.91. The Labute approximate surface area is 193 Å². The highest BCUT2D eigenvalue weighted by atomic mass is 16.5. The van der Waals surface area contributed by atoms with Crippen LogP contribution in [0.1, 0.15) is 34.4 Å². The third-order valence-corrected chi connectivity index (χ3v) is 5.31. The van der Waals surface area contributed by atoms with Crippen LogP contribution >= 0.6 is 0 Å². The lowest BCUT2D eigenvalue weighted by atomic mass is 10.0. The number of aromatic nitrogens is 7. The number of fused-ring (bicyclic) bond motifs is 1. The fourth-order valence-electron chi connectivity index (χ4n) is 3.66. The van der Waals surface area contributed by atoms with Crippen LogP contribution in [0.2, 0.25) is 0 Å². The van der Waals surface area contributed by atoms with Gasteiger partial charge in [-0.15, -0.1) is 5.10 Å². The normalized spacial score (nSPS) is 10.9. The molecule has 1 N–H and O–H groups in total. The molecule has 0 amide bonds.